The van der Waals surface area contributed by atoms with Crippen LogP contribution >= 0.6 is 0 Å². The fourth-order valence-electron chi connectivity index (χ4n) is 2.60. The van der Waals surface area contributed by atoms with E-state index in [1.807, 2.05) is 50.2 Å². The average molecular weight is 345 g/mol. The highest BCUT2D eigenvalue weighted by atomic mass is 16.1. The molecule has 1 N–H and O–H groups in total. The van der Waals surface area contributed by atoms with Gasteiger partial charge in [-0.15, -0.1) is 10.2 Å². The summed E-state index contributed by atoms with van der Waals surface area (Å²) in [6.45, 7) is 3.68. The number of benzene rings is 1. The van der Waals surface area contributed by atoms with Crippen LogP contribution in [0.4, 0.5) is 5.69 Å². The van der Waals surface area contributed by atoms with Gasteiger partial charge in [-0.05, 0) is 38.1 Å². The fraction of sp³-hybridized carbons (Fsp3) is 0.111. The molecule has 0 aliphatic rings. The van der Waals surface area contributed by atoms with Crippen LogP contribution in [0.1, 0.15) is 21.7 Å². The molecule has 8 nitrogen and oxygen atoms in total. The summed E-state index contributed by atoms with van der Waals surface area (Å²) in [6.07, 6.45) is 2.94. The van der Waals surface area contributed by atoms with Gasteiger partial charge in [-0.3, -0.25) is 4.79 Å². The van der Waals surface area contributed by atoms with Crippen LogP contribution in [0.2, 0.25) is 0 Å². The first-order chi connectivity index (χ1) is 12.6. The number of hydrogen-bond acceptors (Lipinski definition) is 6. The van der Waals surface area contributed by atoms with Gasteiger partial charge in [0.25, 0.3) is 5.91 Å². The van der Waals surface area contributed by atoms with Crippen molar-refractivity contribution in [2.24, 2.45) is 0 Å². The predicted molar refractivity (Wildman–Crippen MR) is 95.7 cm³/mol. The number of fused-ring (bicyclic) bond motifs is 1. The lowest BCUT2D eigenvalue weighted by Gasteiger charge is -2.09. The number of anilines is 1. The highest BCUT2D eigenvalue weighted by Gasteiger charge is 2.13. The van der Waals surface area contributed by atoms with Crippen molar-refractivity contribution in [3.05, 3.63) is 66.0 Å². The summed E-state index contributed by atoms with van der Waals surface area (Å²) in [5.41, 5.74) is 4.87. The average Bonchev–Trinajstić information content (AvgIpc) is 3.12. The monoisotopic (exact) mass is 345 g/mol. The van der Waals surface area contributed by atoms with Gasteiger partial charge < -0.3 is 5.32 Å². The van der Waals surface area contributed by atoms with Crippen LogP contribution in [0.3, 0.4) is 0 Å². The van der Waals surface area contributed by atoms with Gasteiger partial charge in [0.2, 0.25) is 0 Å². The maximum absolute atomic E-state index is 12.5. The van der Waals surface area contributed by atoms with Crippen LogP contribution < -0.4 is 5.32 Å². The Bertz CT molecular complexity index is 1120. The maximum atomic E-state index is 12.5. The lowest BCUT2D eigenvalue weighted by molar-refractivity contribution is 0.102. The van der Waals surface area contributed by atoms with Crippen LogP contribution in [0.25, 0.3) is 16.9 Å². The van der Waals surface area contributed by atoms with E-state index in [-0.39, 0.29) is 5.91 Å². The second-order valence-corrected chi connectivity index (χ2v) is 5.82. The van der Waals surface area contributed by atoms with Crippen molar-refractivity contribution in [2.75, 3.05) is 5.32 Å². The van der Waals surface area contributed by atoms with Crippen molar-refractivity contribution in [1.29, 1.82) is 0 Å². The zero-order chi connectivity index (χ0) is 18.1. The van der Waals surface area contributed by atoms with Gasteiger partial charge in [0, 0.05) is 22.5 Å². The van der Waals surface area contributed by atoms with Gasteiger partial charge in [0.05, 0.1) is 5.69 Å². The Labute approximate surface area is 149 Å². The minimum absolute atomic E-state index is 0.271. The van der Waals surface area contributed by atoms with Crippen molar-refractivity contribution < 1.29 is 4.79 Å². The van der Waals surface area contributed by atoms with Crippen LogP contribution in [0.15, 0.2) is 49.1 Å². The zero-order valence-electron chi connectivity index (χ0n) is 14.2. The summed E-state index contributed by atoms with van der Waals surface area (Å²) in [5, 5.41) is 15.1. The lowest BCUT2D eigenvalue weighted by Crippen LogP contribution is -2.16. The van der Waals surface area contributed by atoms with Crippen molar-refractivity contribution in [3.63, 3.8) is 0 Å². The summed E-state index contributed by atoms with van der Waals surface area (Å²) in [7, 11) is 0. The molecule has 0 unspecified atom stereocenters. The van der Waals surface area contributed by atoms with Gasteiger partial charge in [-0.25, -0.2) is 9.97 Å². The standard InChI is InChI=1S/C18H15N7O/c1-11-12(2)19-9-20-17(11)18(26)22-14-5-3-4-13(8-14)15-6-7-16-23-21-10-25(16)24-15/h3-10H,1-2H3,(H,22,26). The summed E-state index contributed by atoms with van der Waals surface area (Å²) < 4.78 is 1.60. The molecule has 0 fully saturated rings. The zero-order valence-corrected chi connectivity index (χ0v) is 14.2. The van der Waals surface area contributed by atoms with Gasteiger partial charge in [-0.1, -0.05) is 12.1 Å². The molecule has 0 radical (unpaired) electrons. The molecule has 128 valence electrons. The van der Waals surface area contributed by atoms with Crippen LogP contribution in [0.5, 0.6) is 0 Å². The molecule has 26 heavy (non-hydrogen) atoms. The molecule has 0 bridgehead atoms. The third-order valence-corrected chi connectivity index (χ3v) is 4.13. The van der Waals surface area contributed by atoms with E-state index in [0.29, 0.717) is 17.0 Å². The van der Waals surface area contributed by atoms with Crippen LogP contribution in [-0.2, 0) is 0 Å². The summed E-state index contributed by atoms with van der Waals surface area (Å²) in [4.78, 5) is 20.7. The molecule has 4 rings (SSSR count). The molecular weight excluding hydrogens is 330 g/mol. The quantitative estimate of drug-likeness (QED) is 0.612. The van der Waals surface area contributed by atoms with Crippen LogP contribution in [0, 0.1) is 13.8 Å². The molecule has 8 heteroatoms. The van der Waals surface area contributed by atoms with Gasteiger partial charge in [-0.2, -0.15) is 9.61 Å². The molecule has 0 saturated carbocycles. The number of nitrogens with zero attached hydrogens (tertiary/aromatic N) is 6. The van der Waals surface area contributed by atoms with E-state index >= 15 is 0 Å². The summed E-state index contributed by atoms with van der Waals surface area (Å²) in [6, 6.07) is 11.2. The largest absolute Gasteiger partial charge is 0.321 e. The van der Waals surface area contributed by atoms with Crippen molar-refractivity contribution in [2.45, 2.75) is 13.8 Å². The molecule has 1 aromatic carbocycles. The van der Waals surface area contributed by atoms with Crippen molar-refractivity contribution in [3.8, 4) is 11.3 Å². The first-order valence-electron chi connectivity index (χ1n) is 7.99. The number of nitrogens with one attached hydrogen (secondary N) is 1. The smallest absolute Gasteiger partial charge is 0.274 e. The van der Waals surface area contributed by atoms with E-state index in [4.69, 9.17) is 0 Å². The normalized spacial score (nSPS) is 10.8. The molecule has 0 aliphatic carbocycles. The molecule has 3 heterocycles. The second-order valence-electron chi connectivity index (χ2n) is 5.82. The topological polar surface area (TPSA) is 98.0 Å². The molecular formula is C18H15N7O. The minimum atomic E-state index is -0.271. The maximum Gasteiger partial charge on any atom is 0.274 e. The fourth-order valence-corrected chi connectivity index (χ4v) is 2.60. The number of aryl methyl sites for hydroxylation is 1. The molecule has 0 spiro atoms. The van der Waals surface area contributed by atoms with E-state index in [1.165, 1.54) is 6.33 Å². The van der Waals surface area contributed by atoms with Gasteiger partial charge in [0.1, 0.15) is 18.3 Å². The number of carbonyl (C=O) groups is 1. The third kappa shape index (κ3) is 2.88. The second kappa shape index (κ2) is 6.32. The number of rotatable bonds is 3. The Balaban J connectivity index is 1.63. The van der Waals surface area contributed by atoms with Gasteiger partial charge in [0.15, 0.2) is 5.65 Å². The Morgan fingerprint density at radius 1 is 1.12 bits per heavy atom. The number of amides is 1. The first-order valence-corrected chi connectivity index (χ1v) is 7.99. The highest BCUT2D eigenvalue weighted by Crippen LogP contribution is 2.21. The lowest BCUT2D eigenvalue weighted by atomic mass is 10.1. The number of aromatic nitrogens is 6. The first kappa shape index (κ1) is 15.8. The highest BCUT2D eigenvalue weighted by molar-refractivity contribution is 6.04. The van der Waals surface area contributed by atoms with E-state index in [2.05, 4.69) is 30.6 Å². The molecule has 0 aliphatic heterocycles. The Morgan fingerprint density at radius 3 is 2.88 bits per heavy atom. The number of carbonyl (C=O) groups excluding carboxylic acids is 1. The van der Waals surface area contributed by atoms with Crippen molar-refractivity contribution >= 4 is 17.2 Å². The SMILES string of the molecule is Cc1ncnc(C(=O)Nc2cccc(-c3ccc4nncn4n3)c2)c1C. The molecule has 1 amide bonds. The Kier molecular flexibility index (Phi) is 3.85. The minimum Gasteiger partial charge on any atom is -0.321 e. The molecule has 0 atom stereocenters. The third-order valence-electron chi connectivity index (χ3n) is 4.13. The number of hydrogen-bond donors (Lipinski definition) is 1. The van der Waals surface area contributed by atoms with E-state index in [9.17, 15) is 4.79 Å². The Morgan fingerprint density at radius 2 is 2.00 bits per heavy atom. The van der Waals surface area contributed by atoms with E-state index in [0.717, 1.165) is 22.5 Å². The van der Waals surface area contributed by atoms with Crippen molar-refractivity contribution in [1.82, 2.24) is 29.8 Å². The van der Waals surface area contributed by atoms with Crippen LogP contribution in [-0.4, -0.2) is 35.7 Å². The molecule has 0 saturated heterocycles. The van der Waals surface area contributed by atoms with E-state index < -0.39 is 0 Å². The summed E-state index contributed by atoms with van der Waals surface area (Å²) >= 11 is 0. The molecule has 4 aromatic rings. The summed E-state index contributed by atoms with van der Waals surface area (Å²) in [5.74, 6) is -0.271. The van der Waals surface area contributed by atoms with Gasteiger partial charge >= 0.3 is 0 Å². The molecule has 3 aromatic heterocycles. The van der Waals surface area contributed by atoms with E-state index in [1.54, 1.807) is 10.8 Å². The predicted octanol–water partition coefficient (Wildman–Crippen LogP) is 2.45. The Hall–Kier alpha value is -3.68.